The van der Waals surface area contributed by atoms with Gasteiger partial charge in [0, 0.05) is 16.6 Å². The smallest absolute Gasteiger partial charge is 0.328 e. The van der Waals surface area contributed by atoms with Gasteiger partial charge in [0.05, 0.1) is 6.04 Å². The van der Waals surface area contributed by atoms with E-state index in [0.717, 1.165) is 22.2 Å². The maximum atomic E-state index is 11.3. The molecule has 17 heavy (non-hydrogen) atoms. The zero-order chi connectivity index (χ0) is 12.8. The van der Waals surface area contributed by atoms with Crippen LogP contribution in [0, 0.1) is 0 Å². The third-order valence-corrected chi connectivity index (χ3v) is 2.58. The molecule has 1 aromatic rings. The average Bonchev–Trinajstić information content (AvgIpc) is 2.26. The Labute approximate surface area is 107 Å². The molecular weight excluding hydrogens is 286 g/mol. The first-order valence-electron chi connectivity index (χ1n) is 4.96. The van der Waals surface area contributed by atoms with Crippen molar-refractivity contribution < 1.29 is 14.7 Å². The monoisotopic (exact) mass is 297 g/mol. The Balaban J connectivity index is 2.63. The van der Waals surface area contributed by atoms with E-state index in [2.05, 4.69) is 21.2 Å². The summed E-state index contributed by atoms with van der Waals surface area (Å²) in [5.74, 6) is -1.57. The van der Waals surface area contributed by atoms with Crippen LogP contribution in [0.3, 0.4) is 0 Å². The third-order valence-electron chi connectivity index (χ3n) is 2.08. The molecule has 0 aliphatic rings. The van der Waals surface area contributed by atoms with Gasteiger partial charge in [-0.25, -0.2) is 4.79 Å². The maximum Gasteiger partial charge on any atom is 0.328 e. The quantitative estimate of drug-likeness (QED) is 0.838. The van der Waals surface area contributed by atoms with E-state index < -0.39 is 11.9 Å². The van der Waals surface area contributed by atoms with Gasteiger partial charge >= 0.3 is 5.97 Å². The summed E-state index contributed by atoms with van der Waals surface area (Å²) in [4.78, 5) is 21.6. The minimum atomic E-state index is -1.14. The normalized spacial score (nSPS) is 12.4. The number of carboxylic acid groups (broad SMARTS) is 1. The standard InChI is InChI=1S/C12H12BrNO3/c1-8(9-3-2-4-10(13)7-9)14-11(15)5-6-12(16)17/h2-8H,1H3,(H,14,15)(H,16,17)/b6-5+/t8-/m0/s1. The molecule has 5 heteroatoms. The number of carboxylic acids is 1. The van der Waals surface area contributed by atoms with Gasteiger partial charge in [0.15, 0.2) is 0 Å². The molecule has 2 N–H and O–H groups in total. The topological polar surface area (TPSA) is 66.4 Å². The van der Waals surface area contributed by atoms with Crippen LogP contribution < -0.4 is 5.32 Å². The summed E-state index contributed by atoms with van der Waals surface area (Å²) in [5, 5.41) is 11.0. The number of nitrogens with one attached hydrogen (secondary N) is 1. The Kier molecular flexibility index (Phi) is 4.90. The van der Waals surface area contributed by atoms with E-state index in [1.165, 1.54) is 0 Å². The summed E-state index contributed by atoms with van der Waals surface area (Å²) in [6, 6.07) is 7.36. The van der Waals surface area contributed by atoms with Crippen molar-refractivity contribution in [3.8, 4) is 0 Å². The predicted octanol–water partition coefficient (Wildman–Crippen LogP) is 2.27. The number of halogens is 1. The minimum absolute atomic E-state index is 0.182. The molecule has 0 aromatic heterocycles. The molecule has 1 aromatic carbocycles. The number of hydrogen-bond donors (Lipinski definition) is 2. The molecule has 0 heterocycles. The van der Waals surface area contributed by atoms with Gasteiger partial charge in [-0.05, 0) is 24.6 Å². The summed E-state index contributed by atoms with van der Waals surface area (Å²) in [6.07, 6.45) is 1.81. The van der Waals surface area contributed by atoms with Gasteiger partial charge in [-0.1, -0.05) is 28.1 Å². The van der Waals surface area contributed by atoms with Gasteiger partial charge in [0.25, 0.3) is 0 Å². The van der Waals surface area contributed by atoms with Crippen LogP contribution >= 0.6 is 15.9 Å². The lowest BCUT2D eigenvalue weighted by Gasteiger charge is -2.13. The lowest BCUT2D eigenvalue weighted by atomic mass is 10.1. The zero-order valence-corrected chi connectivity index (χ0v) is 10.8. The van der Waals surface area contributed by atoms with Gasteiger partial charge in [-0.2, -0.15) is 0 Å². The number of aliphatic carboxylic acids is 1. The van der Waals surface area contributed by atoms with E-state index in [0.29, 0.717) is 0 Å². The van der Waals surface area contributed by atoms with Gasteiger partial charge < -0.3 is 10.4 Å². The SMILES string of the molecule is C[C@H](NC(=O)/C=C/C(=O)O)c1cccc(Br)c1. The van der Waals surface area contributed by atoms with Crippen molar-refractivity contribution in [2.24, 2.45) is 0 Å². The van der Waals surface area contributed by atoms with Crippen LogP contribution in [0.4, 0.5) is 0 Å². The Hall–Kier alpha value is -1.62. The zero-order valence-electron chi connectivity index (χ0n) is 9.18. The van der Waals surface area contributed by atoms with E-state index in [-0.39, 0.29) is 6.04 Å². The van der Waals surface area contributed by atoms with E-state index in [4.69, 9.17) is 5.11 Å². The summed E-state index contributed by atoms with van der Waals surface area (Å²) in [7, 11) is 0. The highest BCUT2D eigenvalue weighted by molar-refractivity contribution is 9.10. The number of hydrogen-bond acceptors (Lipinski definition) is 2. The lowest BCUT2D eigenvalue weighted by molar-refractivity contribution is -0.131. The summed E-state index contributed by atoms with van der Waals surface area (Å²) in [6.45, 7) is 1.83. The molecule has 1 atom stereocenters. The lowest BCUT2D eigenvalue weighted by Crippen LogP contribution is -2.24. The highest BCUT2D eigenvalue weighted by Gasteiger charge is 2.07. The molecule has 0 aliphatic heterocycles. The first-order valence-corrected chi connectivity index (χ1v) is 5.75. The van der Waals surface area contributed by atoms with E-state index in [1.807, 2.05) is 31.2 Å². The molecule has 4 nitrogen and oxygen atoms in total. The van der Waals surface area contributed by atoms with Gasteiger partial charge in [0.1, 0.15) is 0 Å². The van der Waals surface area contributed by atoms with Crippen LogP contribution in [0.2, 0.25) is 0 Å². The highest BCUT2D eigenvalue weighted by Crippen LogP contribution is 2.17. The van der Waals surface area contributed by atoms with Crippen molar-refractivity contribution in [3.63, 3.8) is 0 Å². The fraction of sp³-hybridized carbons (Fsp3) is 0.167. The van der Waals surface area contributed by atoms with Crippen LogP contribution in [0.1, 0.15) is 18.5 Å². The number of benzene rings is 1. The maximum absolute atomic E-state index is 11.3. The van der Waals surface area contributed by atoms with Crippen LogP contribution in [0.25, 0.3) is 0 Å². The van der Waals surface area contributed by atoms with Crippen molar-refractivity contribution in [2.75, 3.05) is 0 Å². The van der Waals surface area contributed by atoms with Gasteiger partial charge in [0.2, 0.25) is 5.91 Å². The van der Waals surface area contributed by atoms with Crippen molar-refractivity contribution in [1.29, 1.82) is 0 Å². The van der Waals surface area contributed by atoms with Gasteiger partial charge in [-0.15, -0.1) is 0 Å². The van der Waals surface area contributed by atoms with Crippen molar-refractivity contribution in [3.05, 3.63) is 46.5 Å². The molecule has 1 amide bonds. The molecule has 0 saturated carbocycles. The second-order valence-corrected chi connectivity index (χ2v) is 4.37. The average molecular weight is 298 g/mol. The Morgan fingerprint density at radius 1 is 1.41 bits per heavy atom. The molecule has 0 aliphatic carbocycles. The molecule has 0 unspecified atom stereocenters. The molecule has 0 fully saturated rings. The molecule has 90 valence electrons. The third kappa shape index (κ3) is 4.82. The van der Waals surface area contributed by atoms with Crippen LogP contribution in [-0.4, -0.2) is 17.0 Å². The second-order valence-electron chi connectivity index (χ2n) is 3.46. The molecule has 0 saturated heterocycles. The number of rotatable bonds is 4. The van der Waals surface area contributed by atoms with E-state index in [9.17, 15) is 9.59 Å². The van der Waals surface area contributed by atoms with E-state index >= 15 is 0 Å². The fourth-order valence-electron chi connectivity index (χ4n) is 1.27. The minimum Gasteiger partial charge on any atom is -0.478 e. The van der Waals surface area contributed by atoms with Crippen LogP contribution in [0.15, 0.2) is 40.9 Å². The summed E-state index contributed by atoms with van der Waals surface area (Å²) in [5.41, 5.74) is 0.941. The highest BCUT2D eigenvalue weighted by atomic mass is 79.9. The summed E-state index contributed by atoms with van der Waals surface area (Å²) < 4.78 is 0.928. The number of carbonyl (C=O) groups excluding carboxylic acids is 1. The fourth-order valence-corrected chi connectivity index (χ4v) is 1.68. The molecule has 0 spiro atoms. The Morgan fingerprint density at radius 2 is 2.12 bits per heavy atom. The molecule has 0 radical (unpaired) electrons. The Bertz CT molecular complexity index is 457. The van der Waals surface area contributed by atoms with Gasteiger partial charge in [-0.3, -0.25) is 4.79 Å². The second kappa shape index (κ2) is 6.20. The molecular formula is C12H12BrNO3. The Morgan fingerprint density at radius 3 is 2.71 bits per heavy atom. The first kappa shape index (κ1) is 13.4. The largest absolute Gasteiger partial charge is 0.478 e. The van der Waals surface area contributed by atoms with Crippen molar-refractivity contribution in [1.82, 2.24) is 5.32 Å². The number of carbonyl (C=O) groups is 2. The van der Waals surface area contributed by atoms with Crippen LogP contribution in [-0.2, 0) is 9.59 Å². The first-order chi connectivity index (χ1) is 7.99. The van der Waals surface area contributed by atoms with E-state index in [1.54, 1.807) is 0 Å². The van der Waals surface area contributed by atoms with Crippen molar-refractivity contribution >= 4 is 27.8 Å². The molecule has 1 rings (SSSR count). The van der Waals surface area contributed by atoms with Crippen molar-refractivity contribution in [2.45, 2.75) is 13.0 Å². The summed E-state index contributed by atoms with van der Waals surface area (Å²) >= 11 is 3.34. The molecule has 0 bridgehead atoms. The predicted molar refractivity (Wildman–Crippen MR) is 67.5 cm³/mol. The van der Waals surface area contributed by atoms with Crippen LogP contribution in [0.5, 0.6) is 0 Å². The number of amides is 1.